The van der Waals surface area contributed by atoms with E-state index < -0.39 is 0 Å². The Morgan fingerprint density at radius 3 is 1.71 bits per heavy atom. The first-order chi connectivity index (χ1) is 10.3. The molecule has 2 rings (SSSR count). The Morgan fingerprint density at radius 1 is 0.857 bits per heavy atom. The molecule has 0 radical (unpaired) electrons. The number of ether oxygens (including phenoxy) is 2. The summed E-state index contributed by atoms with van der Waals surface area (Å²) in [4.78, 5) is 0. The molecule has 0 aromatic heterocycles. The second-order valence-electron chi connectivity index (χ2n) is 5.81. The van der Waals surface area contributed by atoms with Gasteiger partial charge in [-0.1, -0.05) is 18.2 Å². The Morgan fingerprint density at radius 2 is 1.33 bits per heavy atom. The standard InChI is InChI=1S/C19H28O2/c1-4-7-13-20-18-15(6-3)19(21-14-8-5-2)17-12-10-9-11-16(17)18/h4-6,15,18-19H,1-3,7-14H2/t15?,18-,19+. The van der Waals surface area contributed by atoms with Crippen molar-refractivity contribution >= 4 is 0 Å². The minimum atomic E-state index is 0.159. The Hall–Kier alpha value is -1.12. The summed E-state index contributed by atoms with van der Waals surface area (Å²) in [5.41, 5.74) is 2.97. The average Bonchev–Trinajstić information content (AvgIpc) is 2.82. The van der Waals surface area contributed by atoms with Gasteiger partial charge in [-0.15, -0.1) is 19.7 Å². The molecule has 2 aliphatic carbocycles. The molecule has 0 heterocycles. The topological polar surface area (TPSA) is 18.5 Å². The van der Waals surface area contributed by atoms with Crippen molar-refractivity contribution in [3.63, 3.8) is 0 Å². The fraction of sp³-hybridized carbons (Fsp3) is 0.579. The molecule has 1 unspecified atom stereocenters. The minimum absolute atomic E-state index is 0.159. The first-order valence-corrected chi connectivity index (χ1v) is 8.12. The van der Waals surface area contributed by atoms with Crippen LogP contribution in [-0.2, 0) is 9.47 Å². The maximum atomic E-state index is 6.15. The Labute approximate surface area is 129 Å². The molecule has 0 fully saturated rings. The SMILES string of the molecule is C=CCCO[C@@H]1C2=C(CCCC2)[C@H](OCCC=C)C1C=C. The van der Waals surface area contributed by atoms with Crippen LogP contribution in [0.2, 0.25) is 0 Å². The molecule has 3 atom stereocenters. The van der Waals surface area contributed by atoms with E-state index in [0.29, 0.717) is 0 Å². The Kier molecular flexibility index (Phi) is 6.47. The van der Waals surface area contributed by atoms with Crippen molar-refractivity contribution in [1.82, 2.24) is 0 Å². The van der Waals surface area contributed by atoms with E-state index in [1.54, 1.807) is 0 Å². The van der Waals surface area contributed by atoms with E-state index in [1.807, 2.05) is 18.2 Å². The van der Waals surface area contributed by atoms with Crippen LogP contribution < -0.4 is 0 Å². The van der Waals surface area contributed by atoms with Gasteiger partial charge in [0.25, 0.3) is 0 Å². The fourth-order valence-corrected chi connectivity index (χ4v) is 3.45. The van der Waals surface area contributed by atoms with Crippen molar-refractivity contribution in [2.75, 3.05) is 13.2 Å². The quantitative estimate of drug-likeness (QED) is 0.456. The molecule has 0 aliphatic heterocycles. The number of hydrogen-bond donors (Lipinski definition) is 0. The van der Waals surface area contributed by atoms with Gasteiger partial charge < -0.3 is 9.47 Å². The van der Waals surface area contributed by atoms with Gasteiger partial charge in [0.1, 0.15) is 0 Å². The zero-order valence-electron chi connectivity index (χ0n) is 13.1. The number of rotatable bonds is 9. The van der Waals surface area contributed by atoms with E-state index in [1.165, 1.54) is 24.0 Å². The van der Waals surface area contributed by atoms with Gasteiger partial charge >= 0.3 is 0 Å². The maximum absolute atomic E-state index is 6.15. The zero-order valence-corrected chi connectivity index (χ0v) is 13.1. The zero-order chi connectivity index (χ0) is 15.1. The summed E-state index contributed by atoms with van der Waals surface area (Å²) in [6, 6.07) is 0. The molecule has 0 saturated heterocycles. The lowest BCUT2D eigenvalue weighted by Gasteiger charge is -2.24. The summed E-state index contributed by atoms with van der Waals surface area (Å²) in [5, 5.41) is 0. The molecular weight excluding hydrogens is 260 g/mol. The third-order valence-corrected chi connectivity index (χ3v) is 4.45. The van der Waals surface area contributed by atoms with Crippen LogP contribution in [0.25, 0.3) is 0 Å². The molecule has 2 aliphatic rings. The highest BCUT2D eigenvalue weighted by molar-refractivity contribution is 5.35. The van der Waals surface area contributed by atoms with Crippen LogP contribution in [0.5, 0.6) is 0 Å². The second-order valence-corrected chi connectivity index (χ2v) is 5.81. The summed E-state index contributed by atoms with van der Waals surface area (Å²) < 4.78 is 12.3. The molecule has 21 heavy (non-hydrogen) atoms. The third-order valence-electron chi connectivity index (χ3n) is 4.45. The average molecular weight is 288 g/mol. The molecule has 116 valence electrons. The molecule has 0 spiro atoms. The Bertz CT molecular complexity index is 374. The van der Waals surface area contributed by atoms with E-state index in [0.717, 1.165) is 38.9 Å². The lowest BCUT2D eigenvalue weighted by atomic mass is 9.92. The smallest absolute Gasteiger partial charge is 0.0879 e. The predicted molar refractivity (Wildman–Crippen MR) is 88.3 cm³/mol. The first kappa shape index (κ1) is 16.3. The second kappa shape index (κ2) is 8.35. The predicted octanol–water partition coefficient (Wildman–Crippen LogP) is 4.60. The third kappa shape index (κ3) is 3.75. The molecule has 0 bridgehead atoms. The van der Waals surface area contributed by atoms with Gasteiger partial charge in [-0.05, 0) is 49.7 Å². The molecule has 0 aromatic rings. The lowest BCUT2D eigenvalue weighted by molar-refractivity contribution is -0.000886. The van der Waals surface area contributed by atoms with Crippen molar-refractivity contribution in [2.45, 2.75) is 50.7 Å². The van der Waals surface area contributed by atoms with Crippen LogP contribution in [0.4, 0.5) is 0 Å². The molecule has 2 heteroatoms. The highest BCUT2D eigenvalue weighted by atomic mass is 16.5. The summed E-state index contributed by atoms with van der Waals surface area (Å²) in [5.74, 6) is 0.253. The van der Waals surface area contributed by atoms with Crippen molar-refractivity contribution < 1.29 is 9.47 Å². The molecule has 0 amide bonds. The van der Waals surface area contributed by atoms with Crippen LogP contribution in [0.1, 0.15) is 38.5 Å². The van der Waals surface area contributed by atoms with E-state index in [2.05, 4.69) is 19.7 Å². The molecular formula is C19H28O2. The van der Waals surface area contributed by atoms with Crippen LogP contribution in [0.3, 0.4) is 0 Å². The highest BCUT2D eigenvalue weighted by Gasteiger charge is 2.42. The van der Waals surface area contributed by atoms with E-state index >= 15 is 0 Å². The van der Waals surface area contributed by atoms with Crippen LogP contribution >= 0.6 is 0 Å². The fourth-order valence-electron chi connectivity index (χ4n) is 3.45. The van der Waals surface area contributed by atoms with Gasteiger partial charge in [0.2, 0.25) is 0 Å². The monoisotopic (exact) mass is 288 g/mol. The van der Waals surface area contributed by atoms with Crippen LogP contribution in [0, 0.1) is 5.92 Å². The minimum Gasteiger partial charge on any atom is -0.373 e. The van der Waals surface area contributed by atoms with E-state index in [4.69, 9.17) is 9.47 Å². The number of hydrogen-bond acceptors (Lipinski definition) is 2. The highest BCUT2D eigenvalue weighted by Crippen LogP contribution is 2.44. The van der Waals surface area contributed by atoms with E-state index in [9.17, 15) is 0 Å². The summed E-state index contributed by atoms with van der Waals surface area (Å²) in [6.07, 6.45) is 12.8. The molecule has 0 aromatic carbocycles. The van der Waals surface area contributed by atoms with Crippen molar-refractivity contribution in [2.24, 2.45) is 5.92 Å². The van der Waals surface area contributed by atoms with Crippen molar-refractivity contribution in [3.8, 4) is 0 Å². The van der Waals surface area contributed by atoms with Gasteiger partial charge in [-0.3, -0.25) is 0 Å². The van der Waals surface area contributed by atoms with Crippen LogP contribution in [0.15, 0.2) is 49.1 Å². The molecule has 0 saturated carbocycles. The van der Waals surface area contributed by atoms with Crippen molar-refractivity contribution in [3.05, 3.63) is 49.1 Å². The molecule has 2 nitrogen and oxygen atoms in total. The lowest BCUT2D eigenvalue weighted by Crippen LogP contribution is -2.29. The normalized spacial score (nSPS) is 28.3. The van der Waals surface area contributed by atoms with Gasteiger partial charge in [0.05, 0.1) is 25.4 Å². The first-order valence-electron chi connectivity index (χ1n) is 8.12. The summed E-state index contributed by atoms with van der Waals surface area (Å²) in [6.45, 7) is 13.0. The van der Waals surface area contributed by atoms with Crippen LogP contribution in [-0.4, -0.2) is 25.4 Å². The summed E-state index contributed by atoms with van der Waals surface area (Å²) in [7, 11) is 0. The van der Waals surface area contributed by atoms with Gasteiger partial charge in [-0.25, -0.2) is 0 Å². The van der Waals surface area contributed by atoms with Crippen molar-refractivity contribution in [1.29, 1.82) is 0 Å². The van der Waals surface area contributed by atoms with Gasteiger partial charge in [-0.2, -0.15) is 0 Å². The summed E-state index contributed by atoms with van der Waals surface area (Å²) >= 11 is 0. The van der Waals surface area contributed by atoms with Gasteiger partial charge in [0, 0.05) is 5.92 Å². The largest absolute Gasteiger partial charge is 0.373 e. The van der Waals surface area contributed by atoms with E-state index in [-0.39, 0.29) is 18.1 Å². The van der Waals surface area contributed by atoms with Gasteiger partial charge in [0.15, 0.2) is 0 Å². The molecule has 0 N–H and O–H groups in total. The Balaban J connectivity index is 2.11. The maximum Gasteiger partial charge on any atom is 0.0879 e.